The maximum absolute atomic E-state index is 12.5. The molecule has 0 aliphatic carbocycles. The van der Waals surface area contributed by atoms with Crippen LogP contribution in [0.3, 0.4) is 0 Å². The summed E-state index contributed by atoms with van der Waals surface area (Å²) in [6, 6.07) is 8.25. The van der Waals surface area contributed by atoms with Crippen LogP contribution < -0.4 is 9.67 Å². The average molecular weight is 395 g/mol. The molecular weight excluding hydrogens is 381 g/mol. The SMILES string of the molecule is CC(=O)Nc1cc(O)ccc1[As](=O)(O)OC(=O)c1ccc(O)cc1. The van der Waals surface area contributed by atoms with Crippen molar-refractivity contribution in [2.75, 3.05) is 5.32 Å². The van der Waals surface area contributed by atoms with E-state index in [1.807, 2.05) is 0 Å². The molecule has 0 heterocycles. The quantitative estimate of drug-likeness (QED) is 0.554. The van der Waals surface area contributed by atoms with E-state index in [-0.39, 0.29) is 27.1 Å². The number of hydrogen-bond acceptors (Lipinski definition) is 6. The van der Waals surface area contributed by atoms with Crippen LogP contribution in [0.4, 0.5) is 5.69 Å². The molecule has 0 aliphatic heterocycles. The summed E-state index contributed by atoms with van der Waals surface area (Å²) >= 11 is -5.35. The third kappa shape index (κ3) is 4.18. The van der Waals surface area contributed by atoms with Crippen molar-refractivity contribution in [1.82, 2.24) is 0 Å². The van der Waals surface area contributed by atoms with Crippen molar-refractivity contribution in [1.29, 1.82) is 0 Å². The zero-order chi connectivity index (χ0) is 17.9. The molecule has 8 nitrogen and oxygen atoms in total. The molecule has 0 bridgehead atoms. The number of nitrogens with one attached hydrogen (secondary N) is 1. The number of carbonyl (C=O) groups excluding carboxylic acids is 2. The van der Waals surface area contributed by atoms with Crippen LogP contribution in [0, 0.1) is 0 Å². The van der Waals surface area contributed by atoms with Crippen molar-refractivity contribution in [3.05, 3.63) is 48.0 Å². The van der Waals surface area contributed by atoms with E-state index in [2.05, 4.69) is 5.32 Å². The summed E-state index contributed by atoms with van der Waals surface area (Å²) in [5.41, 5.74) is -0.144. The number of hydrogen-bond donors (Lipinski definition) is 4. The van der Waals surface area contributed by atoms with Crippen LogP contribution in [0.25, 0.3) is 0 Å². The Kier molecular flexibility index (Phi) is 5.01. The zero-order valence-corrected chi connectivity index (χ0v) is 14.3. The van der Waals surface area contributed by atoms with Gasteiger partial charge in [-0.1, -0.05) is 0 Å². The summed E-state index contributed by atoms with van der Waals surface area (Å²) in [7, 11) is 0. The van der Waals surface area contributed by atoms with Crippen LogP contribution in [0.15, 0.2) is 42.5 Å². The van der Waals surface area contributed by atoms with Gasteiger partial charge in [-0.25, -0.2) is 0 Å². The average Bonchev–Trinajstić information content (AvgIpc) is 2.46. The van der Waals surface area contributed by atoms with Gasteiger partial charge < -0.3 is 0 Å². The van der Waals surface area contributed by atoms with Gasteiger partial charge in [-0.15, -0.1) is 0 Å². The molecule has 0 saturated heterocycles. The van der Waals surface area contributed by atoms with E-state index in [0.717, 1.165) is 18.2 Å². The summed E-state index contributed by atoms with van der Waals surface area (Å²) < 4.78 is 27.1. The summed E-state index contributed by atoms with van der Waals surface area (Å²) in [6.07, 6.45) is 0. The number of carbonyl (C=O) groups is 2. The molecule has 1 atom stereocenters. The molecule has 2 rings (SSSR count). The minimum atomic E-state index is -5.35. The number of rotatable bonds is 4. The van der Waals surface area contributed by atoms with E-state index in [0.29, 0.717) is 0 Å². The summed E-state index contributed by atoms with van der Waals surface area (Å²) in [5.74, 6) is -1.89. The fourth-order valence-corrected chi connectivity index (χ4v) is 4.21. The Morgan fingerprint density at radius 2 is 1.62 bits per heavy atom. The molecule has 0 fully saturated rings. The van der Waals surface area contributed by atoms with E-state index in [1.165, 1.54) is 31.2 Å². The van der Waals surface area contributed by atoms with E-state index in [9.17, 15) is 27.6 Å². The van der Waals surface area contributed by atoms with Gasteiger partial charge in [0.25, 0.3) is 0 Å². The first-order chi connectivity index (χ1) is 11.2. The molecular formula is C15H14AsNO7. The third-order valence-corrected chi connectivity index (χ3v) is 5.87. The number of amides is 1. The molecule has 9 heteroatoms. The van der Waals surface area contributed by atoms with Crippen molar-refractivity contribution in [2.45, 2.75) is 6.92 Å². The van der Waals surface area contributed by atoms with Gasteiger partial charge in [0.15, 0.2) is 0 Å². The van der Waals surface area contributed by atoms with Crippen molar-refractivity contribution < 1.29 is 31.4 Å². The molecule has 4 N–H and O–H groups in total. The van der Waals surface area contributed by atoms with Gasteiger partial charge in [0.2, 0.25) is 0 Å². The zero-order valence-electron chi connectivity index (χ0n) is 12.5. The monoisotopic (exact) mass is 395 g/mol. The van der Waals surface area contributed by atoms with Gasteiger partial charge in [0, 0.05) is 0 Å². The molecule has 2 aromatic carbocycles. The Bertz CT molecular complexity index is 832. The molecule has 0 radical (unpaired) electrons. The van der Waals surface area contributed by atoms with Crippen molar-refractivity contribution >= 4 is 36.1 Å². The van der Waals surface area contributed by atoms with E-state index < -0.39 is 26.0 Å². The normalized spacial score (nSPS) is 12.9. The molecule has 1 amide bonds. The number of phenolic OH excluding ortho intramolecular Hbond substituents is 2. The number of phenols is 2. The van der Waals surface area contributed by atoms with E-state index in [1.54, 1.807) is 0 Å². The molecule has 24 heavy (non-hydrogen) atoms. The van der Waals surface area contributed by atoms with Crippen LogP contribution >= 0.6 is 0 Å². The predicted molar refractivity (Wildman–Crippen MR) is 84.2 cm³/mol. The number of anilines is 1. The fraction of sp³-hybridized carbons (Fsp3) is 0.0667. The van der Waals surface area contributed by atoms with Gasteiger partial charge in [0.05, 0.1) is 0 Å². The third-order valence-electron chi connectivity index (χ3n) is 2.90. The molecule has 2 aromatic rings. The second-order valence-corrected chi connectivity index (χ2v) is 8.41. The second-order valence-electron chi connectivity index (χ2n) is 4.83. The second kappa shape index (κ2) is 6.82. The van der Waals surface area contributed by atoms with Crippen LogP contribution in [0.5, 0.6) is 11.5 Å². The molecule has 0 saturated carbocycles. The Balaban J connectivity index is 2.33. The van der Waals surface area contributed by atoms with Gasteiger partial charge >= 0.3 is 139 Å². The van der Waals surface area contributed by atoms with Gasteiger partial charge in [-0.05, 0) is 0 Å². The van der Waals surface area contributed by atoms with Crippen molar-refractivity contribution in [3.8, 4) is 11.5 Å². The molecule has 0 aliphatic rings. The predicted octanol–water partition coefficient (Wildman–Crippen LogP) is 0.482. The first-order valence-electron chi connectivity index (χ1n) is 6.66. The van der Waals surface area contributed by atoms with Gasteiger partial charge in [0.1, 0.15) is 0 Å². The van der Waals surface area contributed by atoms with Crippen LogP contribution in [-0.4, -0.2) is 40.4 Å². The first-order valence-corrected chi connectivity index (χ1v) is 9.97. The summed E-state index contributed by atoms with van der Waals surface area (Å²) in [5, 5.41) is 20.9. The molecule has 1 unspecified atom stereocenters. The van der Waals surface area contributed by atoms with Gasteiger partial charge in [-0.2, -0.15) is 0 Å². The molecule has 0 aromatic heterocycles. The molecule has 126 valence electrons. The number of aromatic hydroxyl groups is 2. The Labute approximate surface area is 139 Å². The maximum atomic E-state index is 12.5. The number of benzene rings is 2. The molecule has 0 spiro atoms. The van der Waals surface area contributed by atoms with Crippen LogP contribution in [0.2, 0.25) is 0 Å². The standard InChI is InChI=1S/C15H14AsNO7/c1-9(18)17-14-8-12(20)6-7-13(14)16(22,23)24-15(21)10-2-4-11(19)5-3-10/h2-8,19-20H,1H3,(H,17,18)(H,22,23). The van der Waals surface area contributed by atoms with Crippen LogP contribution in [-0.2, 0) is 12.3 Å². The summed E-state index contributed by atoms with van der Waals surface area (Å²) in [4.78, 5) is 23.2. The van der Waals surface area contributed by atoms with Crippen molar-refractivity contribution in [3.63, 3.8) is 0 Å². The van der Waals surface area contributed by atoms with Crippen molar-refractivity contribution in [2.24, 2.45) is 0 Å². The summed E-state index contributed by atoms with van der Waals surface area (Å²) in [6.45, 7) is 1.19. The Morgan fingerprint density at radius 3 is 2.21 bits per heavy atom. The first kappa shape index (κ1) is 17.6. The minimum absolute atomic E-state index is 0.0247. The Hall–Kier alpha value is -2.70. The van der Waals surface area contributed by atoms with E-state index in [4.69, 9.17) is 3.73 Å². The van der Waals surface area contributed by atoms with Crippen LogP contribution in [0.1, 0.15) is 17.3 Å². The van der Waals surface area contributed by atoms with E-state index >= 15 is 0 Å². The topological polar surface area (TPSA) is 133 Å². The Morgan fingerprint density at radius 1 is 1.04 bits per heavy atom. The fourth-order valence-electron chi connectivity index (χ4n) is 1.87. The van der Waals surface area contributed by atoms with Gasteiger partial charge in [-0.3, -0.25) is 0 Å².